The van der Waals surface area contributed by atoms with Crippen LogP contribution in [0.5, 0.6) is 0 Å². The summed E-state index contributed by atoms with van der Waals surface area (Å²) in [5.41, 5.74) is 3.89. The Hall–Kier alpha value is -3.41. The van der Waals surface area contributed by atoms with E-state index in [1.165, 1.54) is 0 Å². The predicted molar refractivity (Wildman–Crippen MR) is 122 cm³/mol. The fourth-order valence-corrected chi connectivity index (χ4v) is 4.53. The lowest BCUT2D eigenvalue weighted by Gasteiger charge is -2.31. The van der Waals surface area contributed by atoms with E-state index in [0.717, 1.165) is 60.5 Å². The Kier molecular flexibility index (Phi) is 5.28. The smallest absolute Gasteiger partial charge is 0.246 e. The van der Waals surface area contributed by atoms with Gasteiger partial charge in [-0.15, -0.1) is 0 Å². The van der Waals surface area contributed by atoms with Gasteiger partial charge in [0.1, 0.15) is 5.82 Å². The first kappa shape index (κ1) is 19.5. The lowest BCUT2D eigenvalue weighted by Crippen LogP contribution is -2.38. The maximum Gasteiger partial charge on any atom is 0.246 e. The summed E-state index contributed by atoms with van der Waals surface area (Å²) in [5.74, 6) is 1.41. The van der Waals surface area contributed by atoms with E-state index in [1.807, 2.05) is 64.4 Å². The van der Waals surface area contributed by atoms with Crippen LogP contribution < -0.4 is 4.90 Å². The highest BCUT2D eigenvalue weighted by Crippen LogP contribution is 2.27. The summed E-state index contributed by atoms with van der Waals surface area (Å²) in [4.78, 5) is 36.6. The lowest BCUT2D eigenvalue weighted by atomic mass is 9.97. The van der Waals surface area contributed by atoms with Crippen molar-refractivity contribution in [1.82, 2.24) is 14.9 Å². The van der Waals surface area contributed by atoms with Gasteiger partial charge in [0.15, 0.2) is 0 Å². The SMILES string of the molecule is O=C(/C=C/c1ccc(N2CCCC2=O)cc1)N1CCCC(c2nc3ccccc3[nH]2)C1. The van der Waals surface area contributed by atoms with E-state index in [2.05, 4.69) is 4.98 Å². The number of benzene rings is 2. The second kappa shape index (κ2) is 8.38. The van der Waals surface area contributed by atoms with Crippen molar-refractivity contribution in [2.75, 3.05) is 24.5 Å². The van der Waals surface area contributed by atoms with Crippen LogP contribution in [0.25, 0.3) is 17.1 Å². The molecule has 2 aliphatic heterocycles. The van der Waals surface area contributed by atoms with Gasteiger partial charge in [0.2, 0.25) is 11.8 Å². The van der Waals surface area contributed by atoms with E-state index in [1.54, 1.807) is 6.08 Å². The van der Waals surface area contributed by atoms with E-state index >= 15 is 0 Å². The predicted octanol–water partition coefficient (Wildman–Crippen LogP) is 4.11. The average molecular weight is 415 g/mol. The summed E-state index contributed by atoms with van der Waals surface area (Å²) in [5, 5.41) is 0. The van der Waals surface area contributed by atoms with Crippen LogP contribution in [0.4, 0.5) is 5.69 Å². The minimum atomic E-state index is 0.0274. The number of carbonyl (C=O) groups excluding carboxylic acids is 2. The zero-order valence-electron chi connectivity index (χ0n) is 17.5. The van der Waals surface area contributed by atoms with E-state index in [9.17, 15) is 9.59 Å². The van der Waals surface area contributed by atoms with Crippen molar-refractivity contribution in [2.45, 2.75) is 31.6 Å². The number of piperidine rings is 1. The van der Waals surface area contributed by atoms with E-state index in [-0.39, 0.29) is 17.7 Å². The molecule has 0 spiro atoms. The highest BCUT2D eigenvalue weighted by atomic mass is 16.2. The van der Waals surface area contributed by atoms with Crippen LogP contribution >= 0.6 is 0 Å². The molecule has 1 unspecified atom stereocenters. The maximum atomic E-state index is 12.8. The largest absolute Gasteiger partial charge is 0.342 e. The van der Waals surface area contributed by atoms with Crippen molar-refractivity contribution in [3.8, 4) is 0 Å². The molecule has 2 saturated heterocycles. The van der Waals surface area contributed by atoms with Gasteiger partial charge in [-0.2, -0.15) is 0 Å². The average Bonchev–Trinajstić information content (AvgIpc) is 3.44. The normalized spacial score (nSPS) is 19.6. The van der Waals surface area contributed by atoms with Crippen molar-refractivity contribution in [2.24, 2.45) is 0 Å². The molecule has 0 bridgehead atoms. The van der Waals surface area contributed by atoms with Crippen molar-refractivity contribution in [3.63, 3.8) is 0 Å². The number of anilines is 1. The highest BCUT2D eigenvalue weighted by Gasteiger charge is 2.26. The van der Waals surface area contributed by atoms with Gasteiger partial charge in [-0.3, -0.25) is 9.59 Å². The Balaban J connectivity index is 1.23. The third kappa shape index (κ3) is 4.10. The number of aromatic nitrogens is 2. The number of H-pyrrole nitrogens is 1. The molecule has 158 valence electrons. The number of hydrogen-bond acceptors (Lipinski definition) is 3. The summed E-state index contributed by atoms with van der Waals surface area (Å²) < 4.78 is 0. The number of nitrogens with one attached hydrogen (secondary N) is 1. The quantitative estimate of drug-likeness (QED) is 0.653. The van der Waals surface area contributed by atoms with Crippen LogP contribution in [0, 0.1) is 0 Å². The molecule has 3 heterocycles. The number of rotatable bonds is 4. The minimum absolute atomic E-state index is 0.0274. The van der Waals surface area contributed by atoms with Crippen LogP contribution in [0.1, 0.15) is 43.0 Å². The molecule has 31 heavy (non-hydrogen) atoms. The molecule has 1 atom stereocenters. The Morgan fingerprint density at radius 3 is 2.68 bits per heavy atom. The molecule has 5 rings (SSSR count). The Morgan fingerprint density at radius 2 is 1.90 bits per heavy atom. The standard InChI is InChI=1S/C25H26N4O2/c30-23(14-11-18-9-12-20(13-10-18)29-16-4-8-24(29)31)28-15-3-5-19(17-28)25-26-21-6-1-2-7-22(21)27-25/h1-2,6-7,9-14,19H,3-5,8,15-17H2,(H,26,27)/b14-11+. The summed E-state index contributed by atoms with van der Waals surface area (Å²) in [6.45, 7) is 2.24. The van der Waals surface area contributed by atoms with Gasteiger partial charge in [0.25, 0.3) is 0 Å². The summed E-state index contributed by atoms with van der Waals surface area (Å²) in [6.07, 6.45) is 7.05. The highest BCUT2D eigenvalue weighted by molar-refractivity contribution is 5.95. The second-order valence-corrected chi connectivity index (χ2v) is 8.34. The van der Waals surface area contributed by atoms with E-state index in [4.69, 9.17) is 4.98 Å². The lowest BCUT2D eigenvalue weighted by molar-refractivity contribution is -0.127. The van der Waals surface area contributed by atoms with Gasteiger partial charge < -0.3 is 14.8 Å². The number of likely N-dealkylation sites (tertiary alicyclic amines) is 1. The molecule has 2 aromatic carbocycles. The molecule has 0 saturated carbocycles. The molecule has 2 fully saturated rings. The zero-order chi connectivity index (χ0) is 21.2. The zero-order valence-corrected chi connectivity index (χ0v) is 17.5. The van der Waals surface area contributed by atoms with Crippen molar-refractivity contribution in [1.29, 1.82) is 0 Å². The van der Waals surface area contributed by atoms with Crippen LogP contribution in [0.2, 0.25) is 0 Å². The fraction of sp³-hybridized carbons (Fsp3) is 0.320. The maximum absolute atomic E-state index is 12.8. The van der Waals surface area contributed by atoms with Crippen molar-refractivity contribution in [3.05, 3.63) is 66.0 Å². The molecule has 2 aliphatic rings. The van der Waals surface area contributed by atoms with Gasteiger partial charge in [-0.25, -0.2) is 4.98 Å². The number of hydrogen-bond donors (Lipinski definition) is 1. The summed E-state index contributed by atoms with van der Waals surface area (Å²) >= 11 is 0. The van der Waals surface area contributed by atoms with Crippen LogP contribution in [0.3, 0.4) is 0 Å². The monoisotopic (exact) mass is 414 g/mol. The number of fused-ring (bicyclic) bond motifs is 1. The third-order valence-corrected chi connectivity index (χ3v) is 6.22. The number of aromatic amines is 1. The van der Waals surface area contributed by atoms with Crippen LogP contribution in [0.15, 0.2) is 54.6 Å². The minimum Gasteiger partial charge on any atom is -0.342 e. The van der Waals surface area contributed by atoms with Gasteiger partial charge >= 0.3 is 0 Å². The molecule has 1 aromatic heterocycles. The van der Waals surface area contributed by atoms with Gasteiger partial charge in [0, 0.05) is 43.7 Å². The third-order valence-electron chi connectivity index (χ3n) is 6.22. The number of nitrogens with zero attached hydrogens (tertiary/aromatic N) is 3. The molecule has 0 radical (unpaired) electrons. The Bertz CT molecular complexity index is 1100. The molecule has 6 nitrogen and oxygen atoms in total. The first-order valence-electron chi connectivity index (χ1n) is 11.0. The van der Waals surface area contributed by atoms with Gasteiger partial charge in [-0.05, 0) is 55.2 Å². The molecule has 0 aliphatic carbocycles. The Morgan fingerprint density at radius 1 is 1.06 bits per heavy atom. The molecular formula is C25H26N4O2. The van der Waals surface area contributed by atoms with Gasteiger partial charge in [-0.1, -0.05) is 24.3 Å². The van der Waals surface area contributed by atoms with Crippen molar-refractivity contribution >= 4 is 34.6 Å². The Labute approximate surface area is 181 Å². The fourth-order valence-electron chi connectivity index (χ4n) is 4.53. The number of amides is 2. The summed E-state index contributed by atoms with van der Waals surface area (Å²) in [6, 6.07) is 15.8. The second-order valence-electron chi connectivity index (χ2n) is 8.34. The van der Waals surface area contributed by atoms with Gasteiger partial charge in [0.05, 0.1) is 11.0 Å². The number of para-hydroxylation sites is 2. The van der Waals surface area contributed by atoms with Crippen molar-refractivity contribution < 1.29 is 9.59 Å². The topological polar surface area (TPSA) is 69.3 Å². The van der Waals surface area contributed by atoms with Crippen LogP contribution in [-0.2, 0) is 9.59 Å². The molecular weight excluding hydrogens is 388 g/mol. The van der Waals surface area contributed by atoms with E-state index in [0.29, 0.717) is 13.0 Å². The van der Waals surface area contributed by atoms with E-state index < -0.39 is 0 Å². The van der Waals surface area contributed by atoms with Crippen LogP contribution in [-0.4, -0.2) is 46.3 Å². The first-order chi connectivity index (χ1) is 15.2. The number of imidazole rings is 1. The molecule has 2 amide bonds. The summed E-state index contributed by atoms with van der Waals surface area (Å²) in [7, 11) is 0. The molecule has 6 heteroatoms. The first-order valence-corrected chi connectivity index (χ1v) is 11.0. The molecule has 3 aromatic rings. The number of carbonyl (C=O) groups is 2. The molecule has 1 N–H and O–H groups in total.